The lowest BCUT2D eigenvalue weighted by Gasteiger charge is -2.25. The Hall–Kier alpha value is -3.77. The van der Waals surface area contributed by atoms with E-state index in [9.17, 15) is 14.4 Å². The smallest absolute Gasteiger partial charge is 0.261 e. The van der Waals surface area contributed by atoms with Gasteiger partial charge in [0.25, 0.3) is 5.56 Å². The first kappa shape index (κ1) is 18.3. The van der Waals surface area contributed by atoms with Crippen LogP contribution in [0.15, 0.2) is 47.5 Å². The maximum absolute atomic E-state index is 14.2. The summed E-state index contributed by atoms with van der Waals surface area (Å²) in [6, 6.07) is 10.4. The minimum Gasteiger partial charge on any atom is -0.379 e. The van der Waals surface area contributed by atoms with Gasteiger partial charge in [-0.2, -0.15) is 10.4 Å². The van der Waals surface area contributed by atoms with Gasteiger partial charge in [0.2, 0.25) is 0 Å². The van der Waals surface area contributed by atoms with E-state index >= 15 is 0 Å². The number of nitrogens with one attached hydrogen (secondary N) is 2. The van der Waals surface area contributed by atoms with E-state index in [1.807, 2.05) is 0 Å². The molecule has 5 rings (SSSR count). The molecule has 0 aliphatic carbocycles. The molecule has 9 heteroatoms. The average molecular weight is 404 g/mol. The Balaban J connectivity index is 1.66. The van der Waals surface area contributed by atoms with Crippen molar-refractivity contribution in [3.05, 3.63) is 58.9 Å². The number of nitrogens with zero attached hydrogens (tertiary/aromatic N) is 4. The molecule has 0 saturated carbocycles. The van der Waals surface area contributed by atoms with Crippen LogP contribution in [0.1, 0.15) is 12.8 Å². The fraction of sp³-hybridized carbons (Fsp3) is 0.238. The Morgan fingerprint density at radius 1 is 1.37 bits per heavy atom. The largest absolute Gasteiger partial charge is 0.379 e. The Morgan fingerprint density at radius 3 is 3.07 bits per heavy atom. The van der Waals surface area contributed by atoms with Crippen LogP contribution in [0.3, 0.4) is 0 Å². The van der Waals surface area contributed by atoms with Crippen LogP contribution in [0.5, 0.6) is 0 Å². The molecule has 1 aliphatic rings. The summed E-state index contributed by atoms with van der Waals surface area (Å²) in [5, 5.41) is 17.9. The Labute approximate surface area is 169 Å². The van der Waals surface area contributed by atoms with Gasteiger partial charge in [0.1, 0.15) is 16.7 Å². The number of fused-ring (bicyclic) bond motifs is 2. The summed E-state index contributed by atoms with van der Waals surface area (Å²) in [6.45, 7) is 0.863. The molecule has 0 spiro atoms. The lowest BCUT2D eigenvalue weighted by atomic mass is 9.95. The zero-order valence-electron chi connectivity index (χ0n) is 15.9. The lowest BCUT2D eigenvalue weighted by molar-refractivity contribution is 0.151. The van der Waals surface area contributed by atoms with E-state index in [-0.39, 0.29) is 17.8 Å². The van der Waals surface area contributed by atoms with Gasteiger partial charge in [-0.25, -0.2) is 4.39 Å². The first-order chi connectivity index (χ1) is 14.6. The molecule has 1 fully saturated rings. The molecule has 1 aromatic carbocycles. The quantitative estimate of drug-likeness (QED) is 0.541. The number of benzene rings is 1. The first-order valence-corrected chi connectivity index (χ1v) is 9.48. The summed E-state index contributed by atoms with van der Waals surface area (Å²) in [7, 11) is 0. The third-order valence-electron chi connectivity index (χ3n) is 5.49. The molecule has 0 amide bonds. The van der Waals surface area contributed by atoms with Crippen molar-refractivity contribution in [2.75, 3.05) is 18.5 Å². The van der Waals surface area contributed by atoms with E-state index in [1.54, 1.807) is 35.1 Å². The number of anilines is 2. The van der Waals surface area contributed by atoms with Crippen molar-refractivity contribution in [2.24, 2.45) is 0 Å². The highest BCUT2D eigenvalue weighted by atomic mass is 19.1. The van der Waals surface area contributed by atoms with Crippen LogP contribution >= 0.6 is 0 Å². The van der Waals surface area contributed by atoms with Crippen molar-refractivity contribution in [1.82, 2.24) is 19.7 Å². The Kier molecular flexibility index (Phi) is 4.22. The lowest BCUT2D eigenvalue weighted by Crippen LogP contribution is -2.34. The van der Waals surface area contributed by atoms with Gasteiger partial charge in [0, 0.05) is 30.1 Å². The van der Waals surface area contributed by atoms with E-state index in [2.05, 4.69) is 26.5 Å². The van der Waals surface area contributed by atoms with Gasteiger partial charge in [0.15, 0.2) is 5.82 Å². The van der Waals surface area contributed by atoms with Gasteiger partial charge < -0.3 is 15.0 Å². The third kappa shape index (κ3) is 2.81. The van der Waals surface area contributed by atoms with Crippen LogP contribution in [-0.2, 0) is 10.3 Å². The van der Waals surface area contributed by atoms with E-state index < -0.39 is 5.54 Å². The number of ether oxygens (including phenoxy) is 1. The van der Waals surface area contributed by atoms with Crippen LogP contribution < -0.4 is 10.9 Å². The summed E-state index contributed by atoms with van der Waals surface area (Å²) in [6.07, 6.45) is 3.80. The monoisotopic (exact) mass is 404 g/mol. The molecule has 4 heterocycles. The van der Waals surface area contributed by atoms with E-state index in [4.69, 9.17) is 4.74 Å². The van der Waals surface area contributed by atoms with Crippen molar-refractivity contribution in [1.29, 1.82) is 5.26 Å². The summed E-state index contributed by atoms with van der Waals surface area (Å²) in [5.74, 6) is -0.0484. The Morgan fingerprint density at radius 2 is 2.27 bits per heavy atom. The zero-order valence-corrected chi connectivity index (χ0v) is 15.9. The van der Waals surface area contributed by atoms with Crippen LogP contribution in [0, 0.1) is 17.1 Å². The van der Waals surface area contributed by atoms with Crippen molar-refractivity contribution in [2.45, 2.75) is 18.4 Å². The predicted molar refractivity (Wildman–Crippen MR) is 109 cm³/mol. The molecule has 0 radical (unpaired) electrons. The van der Waals surface area contributed by atoms with Gasteiger partial charge in [-0.05, 0) is 36.8 Å². The van der Waals surface area contributed by atoms with E-state index in [0.29, 0.717) is 52.9 Å². The summed E-state index contributed by atoms with van der Waals surface area (Å²) >= 11 is 0. The summed E-state index contributed by atoms with van der Waals surface area (Å²) in [5.41, 5.74) is 0.766. The van der Waals surface area contributed by atoms with Gasteiger partial charge >= 0.3 is 0 Å². The van der Waals surface area contributed by atoms with Crippen LogP contribution in [0.2, 0.25) is 0 Å². The molecular formula is C21H17FN6O2. The van der Waals surface area contributed by atoms with Gasteiger partial charge in [-0.3, -0.25) is 14.5 Å². The van der Waals surface area contributed by atoms with Crippen molar-refractivity contribution in [3.8, 4) is 6.07 Å². The normalized spacial score (nSPS) is 18.7. The molecule has 1 atom stereocenters. The second kappa shape index (κ2) is 6.93. The molecule has 1 saturated heterocycles. The molecule has 3 aromatic heterocycles. The number of hydrogen-bond acceptors (Lipinski definition) is 6. The molecular weight excluding hydrogens is 387 g/mol. The van der Waals surface area contributed by atoms with Crippen LogP contribution in [-0.4, -0.2) is 33.0 Å². The molecule has 1 unspecified atom stereocenters. The Bertz CT molecular complexity index is 1360. The fourth-order valence-corrected chi connectivity index (χ4v) is 3.98. The zero-order chi connectivity index (χ0) is 20.7. The topological polar surface area (TPSA) is 109 Å². The van der Waals surface area contributed by atoms with Crippen LogP contribution in [0.25, 0.3) is 21.8 Å². The van der Waals surface area contributed by atoms with Crippen molar-refractivity contribution < 1.29 is 9.13 Å². The standard InChI is InChI=1S/C21H17FN6O2/c22-15-3-8-24-16-2-1-13(11-14(15)16)26-19-18-17(4-9-25-20(18)29)28(27-19)21(5-7-23)6-10-30-12-21/h1-4,8-9,11H,5-6,10,12H2,(H,25,29)(H,26,27). The van der Waals surface area contributed by atoms with Gasteiger partial charge in [-0.15, -0.1) is 0 Å². The summed E-state index contributed by atoms with van der Waals surface area (Å²) < 4.78 is 21.5. The van der Waals surface area contributed by atoms with Gasteiger partial charge in [0.05, 0.1) is 30.1 Å². The molecule has 30 heavy (non-hydrogen) atoms. The van der Waals surface area contributed by atoms with E-state index in [0.717, 1.165) is 0 Å². The number of pyridine rings is 2. The van der Waals surface area contributed by atoms with Crippen molar-refractivity contribution in [3.63, 3.8) is 0 Å². The highest BCUT2D eigenvalue weighted by Crippen LogP contribution is 2.35. The summed E-state index contributed by atoms with van der Waals surface area (Å²) in [4.78, 5) is 19.5. The number of aromatic amines is 1. The minimum atomic E-state index is -0.639. The fourth-order valence-electron chi connectivity index (χ4n) is 3.98. The molecule has 1 aliphatic heterocycles. The average Bonchev–Trinajstić information content (AvgIpc) is 3.36. The number of rotatable bonds is 4. The second-order valence-electron chi connectivity index (χ2n) is 7.34. The number of halogens is 1. The SMILES string of the molecule is N#CCC1(n2nc(Nc3ccc4nccc(F)c4c3)c3c(=O)[nH]ccc32)CCOC1. The molecule has 8 nitrogen and oxygen atoms in total. The number of aromatic nitrogens is 4. The van der Waals surface area contributed by atoms with E-state index in [1.165, 1.54) is 12.3 Å². The maximum atomic E-state index is 14.2. The number of hydrogen-bond donors (Lipinski definition) is 2. The highest BCUT2D eigenvalue weighted by Gasteiger charge is 2.39. The predicted octanol–water partition coefficient (Wildman–Crippen LogP) is 3.18. The number of H-pyrrole nitrogens is 1. The second-order valence-corrected chi connectivity index (χ2v) is 7.34. The molecule has 0 bridgehead atoms. The maximum Gasteiger partial charge on any atom is 0.261 e. The molecule has 4 aromatic rings. The minimum absolute atomic E-state index is 0.211. The number of nitriles is 1. The third-order valence-corrected chi connectivity index (χ3v) is 5.49. The van der Waals surface area contributed by atoms with Crippen molar-refractivity contribution >= 4 is 33.3 Å². The first-order valence-electron chi connectivity index (χ1n) is 9.48. The van der Waals surface area contributed by atoms with Crippen LogP contribution in [0.4, 0.5) is 15.9 Å². The van der Waals surface area contributed by atoms with Gasteiger partial charge in [-0.1, -0.05) is 0 Å². The molecule has 150 valence electrons. The molecule has 2 N–H and O–H groups in total. The highest BCUT2D eigenvalue weighted by molar-refractivity contribution is 5.92.